The van der Waals surface area contributed by atoms with Crippen molar-refractivity contribution in [2.75, 3.05) is 18.6 Å². The fourth-order valence-corrected chi connectivity index (χ4v) is 3.72. The topological polar surface area (TPSA) is 37.7 Å². The second kappa shape index (κ2) is 7.34. The van der Waals surface area contributed by atoms with E-state index in [9.17, 15) is 8.78 Å². The van der Waals surface area contributed by atoms with Gasteiger partial charge in [0.25, 0.3) is 6.43 Å². The Labute approximate surface area is 164 Å². The smallest absolute Gasteiger partial charge is 0.280 e. The third kappa shape index (κ3) is 3.28. The molecule has 28 heavy (non-hydrogen) atoms. The number of pyridine rings is 1. The molecule has 0 unspecified atom stereocenters. The number of halogens is 2. The van der Waals surface area contributed by atoms with Gasteiger partial charge in [0.15, 0.2) is 0 Å². The second-order valence-corrected chi connectivity index (χ2v) is 7.37. The summed E-state index contributed by atoms with van der Waals surface area (Å²) in [5.74, 6) is 0.784. The maximum Gasteiger partial charge on any atom is 0.280 e. The van der Waals surface area contributed by atoms with Crippen LogP contribution in [0.1, 0.15) is 48.2 Å². The van der Waals surface area contributed by atoms with Gasteiger partial charge in [-0.2, -0.15) is 0 Å². The van der Waals surface area contributed by atoms with Gasteiger partial charge >= 0.3 is 0 Å². The summed E-state index contributed by atoms with van der Waals surface area (Å²) in [6, 6.07) is 5.60. The van der Waals surface area contributed by atoms with Gasteiger partial charge in [0.1, 0.15) is 17.1 Å². The van der Waals surface area contributed by atoms with Crippen molar-refractivity contribution in [3.05, 3.63) is 65.0 Å². The second-order valence-electron chi connectivity index (χ2n) is 7.37. The van der Waals surface area contributed by atoms with Gasteiger partial charge in [-0.05, 0) is 51.5 Å². The third-order valence-corrected chi connectivity index (χ3v) is 5.08. The van der Waals surface area contributed by atoms with Crippen LogP contribution in [0.15, 0.2) is 42.0 Å². The van der Waals surface area contributed by atoms with E-state index in [-0.39, 0.29) is 5.69 Å². The first-order valence-corrected chi connectivity index (χ1v) is 9.12. The van der Waals surface area contributed by atoms with Crippen molar-refractivity contribution in [1.82, 2.24) is 4.98 Å². The van der Waals surface area contributed by atoms with Gasteiger partial charge in [-0.1, -0.05) is 6.08 Å². The van der Waals surface area contributed by atoms with Crippen molar-refractivity contribution in [3.8, 4) is 5.75 Å². The zero-order chi connectivity index (χ0) is 20.6. The molecule has 0 N–H and O–H groups in total. The van der Waals surface area contributed by atoms with Crippen molar-refractivity contribution >= 4 is 11.4 Å². The number of aliphatic imine (C=N–C) groups is 1. The molecule has 6 heteroatoms. The van der Waals surface area contributed by atoms with E-state index in [1.807, 2.05) is 39.0 Å². The van der Waals surface area contributed by atoms with Crippen LogP contribution in [0.4, 0.5) is 14.5 Å². The molecule has 0 saturated carbocycles. The van der Waals surface area contributed by atoms with Crippen molar-refractivity contribution < 1.29 is 13.5 Å². The SMILES string of the molecule is C=CCN1c2c(ccc(OC)c2C)C(c2cnc(C(F)F)c(C)c2)=NC1(C)C. The summed E-state index contributed by atoms with van der Waals surface area (Å²) in [5.41, 5.74) is 4.09. The maximum atomic E-state index is 13.1. The Balaban J connectivity index is 2.25. The van der Waals surface area contributed by atoms with E-state index in [0.717, 1.165) is 33.8 Å². The first-order chi connectivity index (χ1) is 13.2. The standard InChI is InChI=1S/C22H25F2N3O/c1-7-10-27-20-14(3)17(28-6)9-8-16(20)19(26-22(27,4)5)15-11-13(2)18(21(23)24)25-12-15/h7-9,11-12,21H,1,10H2,2-6H3. The lowest BCUT2D eigenvalue weighted by Gasteiger charge is -2.43. The molecule has 0 radical (unpaired) electrons. The molecular formula is C22H25F2N3O. The van der Waals surface area contributed by atoms with Gasteiger partial charge in [-0.25, -0.2) is 8.78 Å². The van der Waals surface area contributed by atoms with E-state index < -0.39 is 12.1 Å². The predicted octanol–water partition coefficient (Wildman–Crippen LogP) is 5.22. The summed E-state index contributed by atoms with van der Waals surface area (Å²) in [5, 5.41) is 0. The number of aryl methyl sites for hydroxylation is 1. The Morgan fingerprint density at radius 2 is 2.00 bits per heavy atom. The lowest BCUT2D eigenvalue weighted by molar-refractivity contribution is 0.145. The van der Waals surface area contributed by atoms with Crippen LogP contribution < -0.4 is 9.64 Å². The molecule has 2 aromatic rings. The molecule has 0 fully saturated rings. The molecule has 1 aromatic carbocycles. The largest absolute Gasteiger partial charge is 0.496 e. The first kappa shape index (κ1) is 20.0. The molecule has 3 rings (SSSR count). The predicted molar refractivity (Wildman–Crippen MR) is 109 cm³/mol. The lowest BCUT2D eigenvalue weighted by atomic mass is 9.92. The van der Waals surface area contributed by atoms with Crippen LogP contribution in [0.5, 0.6) is 5.75 Å². The van der Waals surface area contributed by atoms with Crippen LogP contribution in [0.2, 0.25) is 0 Å². The summed E-state index contributed by atoms with van der Waals surface area (Å²) in [4.78, 5) is 11.1. The molecule has 4 nitrogen and oxygen atoms in total. The van der Waals surface area contributed by atoms with Gasteiger partial charge in [-0.3, -0.25) is 9.98 Å². The van der Waals surface area contributed by atoms with Gasteiger partial charge in [-0.15, -0.1) is 6.58 Å². The zero-order valence-corrected chi connectivity index (χ0v) is 16.9. The van der Waals surface area contributed by atoms with E-state index in [2.05, 4.69) is 16.5 Å². The summed E-state index contributed by atoms with van der Waals surface area (Å²) >= 11 is 0. The van der Waals surface area contributed by atoms with Gasteiger partial charge in [0, 0.05) is 29.4 Å². The number of fused-ring (bicyclic) bond motifs is 1. The van der Waals surface area contributed by atoms with Gasteiger partial charge < -0.3 is 9.64 Å². The van der Waals surface area contributed by atoms with Crippen LogP contribution in [-0.2, 0) is 0 Å². The number of alkyl halides is 2. The van der Waals surface area contributed by atoms with Gasteiger partial charge in [0.05, 0.1) is 18.5 Å². The molecule has 0 atom stereocenters. The fraction of sp³-hybridized carbons (Fsp3) is 0.364. The summed E-state index contributed by atoms with van der Waals surface area (Å²) in [6.45, 7) is 12.2. The number of methoxy groups -OCH3 is 1. The van der Waals surface area contributed by atoms with E-state index in [4.69, 9.17) is 9.73 Å². The number of rotatable bonds is 5. The normalized spacial score (nSPS) is 15.3. The molecular weight excluding hydrogens is 360 g/mol. The molecule has 148 valence electrons. The fourth-order valence-electron chi connectivity index (χ4n) is 3.72. The minimum absolute atomic E-state index is 0.196. The van der Waals surface area contributed by atoms with E-state index in [1.54, 1.807) is 20.1 Å². The number of benzene rings is 1. The number of ether oxygens (including phenoxy) is 1. The number of hydrogen-bond donors (Lipinski definition) is 0. The van der Waals surface area contributed by atoms with Crippen LogP contribution in [0.3, 0.4) is 0 Å². The van der Waals surface area contributed by atoms with Crippen molar-refractivity contribution in [1.29, 1.82) is 0 Å². The quantitative estimate of drug-likeness (QED) is 0.662. The van der Waals surface area contributed by atoms with Crippen molar-refractivity contribution in [2.45, 2.75) is 39.8 Å². The number of hydrogen-bond acceptors (Lipinski definition) is 4. The highest BCUT2D eigenvalue weighted by Crippen LogP contribution is 2.41. The summed E-state index contributed by atoms with van der Waals surface area (Å²) < 4.78 is 31.7. The van der Waals surface area contributed by atoms with Crippen molar-refractivity contribution in [3.63, 3.8) is 0 Å². The zero-order valence-electron chi connectivity index (χ0n) is 16.9. The molecule has 1 aromatic heterocycles. The highest BCUT2D eigenvalue weighted by Gasteiger charge is 2.35. The number of nitrogens with zero attached hydrogens (tertiary/aromatic N) is 3. The van der Waals surface area contributed by atoms with E-state index in [1.165, 1.54) is 6.20 Å². The van der Waals surface area contributed by atoms with Gasteiger partial charge in [0.2, 0.25) is 0 Å². The number of aromatic nitrogens is 1. The molecule has 0 amide bonds. The molecule has 2 heterocycles. The molecule has 0 spiro atoms. The van der Waals surface area contributed by atoms with Crippen LogP contribution in [-0.4, -0.2) is 30.0 Å². The Bertz CT molecular complexity index is 951. The highest BCUT2D eigenvalue weighted by atomic mass is 19.3. The molecule has 0 aliphatic carbocycles. The number of anilines is 1. The Morgan fingerprint density at radius 1 is 1.29 bits per heavy atom. The molecule has 1 aliphatic rings. The van der Waals surface area contributed by atoms with Crippen LogP contribution in [0.25, 0.3) is 0 Å². The van der Waals surface area contributed by atoms with Crippen LogP contribution in [0, 0.1) is 13.8 Å². The Morgan fingerprint density at radius 3 is 2.57 bits per heavy atom. The lowest BCUT2D eigenvalue weighted by Crippen LogP contribution is -2.47. The summed E-state index contributed by atoms with van der Waals surface area (Å²) in [6.07, 6.45) is 0.727. The third-order valence-electron chi connectivity index (χ3n) is 5.08. The average molecular weight is 385 g/mol. The van der Waals surface area contributed by atoms with Crippen LogP contribution >= 0.6 is 0 Å². The monoisotopic (exact) mass is 385 g/mol. The molecule has 0 saturated heterocycles. The summed E-state index contributed by atoms with van der Waals surface area (Å²) in [7, 11) is 1.64. The highest BCUT2D eigenvalue weighted by molar-refractivity contribution is 6.17. The minimum atomic E-state index is -2.60. The Hall–Kier alpha value is -2.76. The first-order valence-electron chi connectivity index (χ1n) is 9.12. The average Bonchev–Trinajstić information content (AvgIpc) is 2.63. The van der Waals surface area contributed by atoms with Crippen molar-refractivity contribution in [2.24, 2.45) is 4.99 Å². The van der Waals surface area contributed by atoms with E-state index >= 15 is 0 Å². The molecule has 1 aliphatic heterocycles. The Kier molecular flexibility index (Phi) is 5.24. The minimum Gasteiger partial charge on any atom is -0.496 e. The molecule has 0 bridgehead atoms. The maximum absolute atomic E-state index is 13.1. The van der Waals surface area contributed by atoms with E-state index in [0.29, 0.717) is 12.1 Å².